The van der Waals surface area contributed by atoms with Gasteiger partial charge in [-0.05, 0) is 11.8 Å². The Morgan fingerprint density at radius 3 is 1.18 bits per heavy atom. The van der Waals surface area contributed by atoms with Gasteiger partial charge < -0.3 is 5.73 Å². The summed E-state index contributed by atoms with van der Waals surface area (Å²) in [6.45, 7) is 16.4. The van der Waals surface area contributed by atoms with Crippen LogP contribution in [0, 0.1) is 10.8 Å². The first-order valence-corrected chi connectivity index (χ1v) is 7.07. The van der Waals surface area contributed by atoms with E-state index in [0.29, 0.717) is 18.2 Å². The second kappa shape index (κ2) is 15.8. The zero-order valence-electron chi connectivity index (χ0n) is 15.1. The summed E-state index contributed by atoms with van der Waals surface area (Å²) in [5.74, 6) is 0.331. The highest BCUT2D eigenvalue weighted by Crippen LogP contribution is 2.18. The molecule has 0 amide bonds. The molecule has 0 saturated carbocycles. The zero-order valence-corrected chi connectivity index (χ0v) is 15.1. The topological polar surface area (TPSA) is 111 Å². The summed E-state index contributed by atoms with van der Waals surface area (Å²) in [5.41, 5.74) is 5.91. The molecule has 0 aliphatic rings. The molecule has 130 valence electrons. The first kappa shape index (κ1) is 28.5. The van der Waals surface area contributed by atoms with Gasteiger partial charge in [-0.15, -0.1) is 0 Å². The Hall–Kier alpha value is -1.61. The van der Waals surface area contributed by atoms with Crippen molar-refractivity contribution in [1.29, 1.82) is 0 Å². The molecule has 2 N–H and O–H groups in total. The van der Waals surface area contributed by atoms with Crippen molar-refractivity contribution >= 4 is 18.1 Å². The van der Waals surface area contributed by atoms with Gasteiger partial charge in [-0.25, -0.2) is 0 Å². The standard InChI is InChI=1S/C7H17N.C7H14O.2CO2/c2*1-5-6(8)7(2,3)4;2*2-1-3/h6H,5,8H2,1-4H3;5H2,1-4H3;;. The first-order valence-electron chi connectivity index (χ1n) is 7.07. The van der Waals surface area contributed by atoms with Crippen LogP contribution in [0.3, 0.4) is 0 Å². The van der Waals surface area contributed by atoms with E-state index in [1.807, 2.05) is 27.7 Å². The minimum absolute atomic E-state index is 0.130. The molecular weight excluding hydrogens is 286 g/mol. The largest absolute Gasteiger partial charge is 0.373 e. The first-order chi connectivity index (χ1) is 9.79. The molecule has 0 rings (SSSR count). The lowest BCUT2D eigenvalue weighted by Gasteiger charge is -2.25. The summed E-state index contributed by atoms with van der Waals surface area (Å²) >= 11 is 0. The van der Waals surface area contributed by atoms with Crippen LogP contribution in [0.15, 0.2) is 0 Å². The Morgan fingerprint density at radius 2 is 1.18 bits per heavy atom. The lowest BCUT2D eigenvalue weighted by Crippen LogP contribution is -2.33. The van der Waals surface area contributed by atoms with Crippen molar-refractivity contribution in [2.75, 3.05) is 0 Å². The van der Waals surface area contributed by atoms with Crippen molar-refractivity contribution in [3.63, 3.8) is 0 Å². The maximum absolute atomic E-state index is 10.8. The summed E-state index contributed by atoms with van der Waals surface area (Å²) in [4.78, 5) is 43.3. The molecule has 0 fully saturated rings. The molecule has 0 aromatic heterocycles. The molecule has 1 unspecified atom stereocenters. The van der Waals surface area contributed by atoms with Crippen LogP contribution in [0.25, 0.3) is 0 Å². The molecule has 6 nitrogen and oxygen atoms in total. The van der Waals surface area contributed by atoms with Crippen LogP contribution < -0.4 is 5.73 Å². The third kappa shape index (κ3) is 26.9. The third-order valence-corrected chi connectivity index (χ3v) is 2.71. The fourth-order valence-corrected chi connectivity index (χ4v) is 1.14. The second-order valence-electron chi connectivity index (χ2n) is 6.57. The summed E-state index contributed by atoms with van der Waals surface area (Å²) < 4.78 is 0. The summed E-state index contributed by atoms with van der Waals surface area (Å²) in [5, 5.41) is 0. The van der Waals surface area contributed by atoms with Gasteiger partial charge in [-0.1, -0.05) is 55.4 Å². The van der Waals surface area contributed by atoms with E-state index >= 15 is 0 Å². The maximum atomic E-state index is 10.8. The Balaban J connectivity index is -0.000000109. The van der Waals surface area contributed by atoms with Crippen LogP contribution in [-0.2, 0) is 24.0 Å². The molecule has 22 heavy (non-hydrogen) atoms. The van der Waals surface area contributed by atoms with E-state index < -0.39 is 0 Å². The Bertz CT molecular complexity index is 327. The van der Waals surface area contributed by atoms with E-state index in [2.05, 4.69) is 27.7 Å². The van der Waals surface area contributed by atoms with Crippen molar-refractivity contribution < 1.29 is 24.0 Å². The predicted molar refractivity (Wildman–Crippen MR) is 82.5 cm³/mol. The quantitative estimate of drug-likeness (QED) is 0.838. The predicted octanol–water partition coefficient (Wildman–Crippen LogP) is 2.61. The number of nitrogens with two attached hydrogens (primary N) is 1. The average molecular weight is 317 g/mol. The van der Waals surface area contributed by atoms with Crippen LogP contribution >= 0.6 is 0 Å². The molecule has 0 aromatic carbocycles. The Labute approximate surface area is 133 Å². The molecule has 0 bridgehead atoms. The van der Waals surface area contributed by atoms with Crippen LogP contribution in [0.4, 0.5) is 0 Å². The molecule has 0 spiro atoms. The van der Waals surface area contributed by atoms with Crippen LogP contribution in [0.1, 0.15) is 68.2 Å². The summed E-state index contributed by atoms with van der Waals surface area (Å²) in [7, 11) is 0. The molecule has 0 saturated heterocycles. The highest BCUT2D eigenvalue weighted by Gasteiger charge is 2.18. The van der Waals surface area contributed by atoms with Gasteiger partial charge in [0.2, 0.25) is 0 Å². The van der Waals surface area contributed by atoms with E-state index in [1.165, 1.54) is 0 Å². The molecule has 0 aliphatic heterocycles. The van der Waals surface area contributed by atoms with E-state index in [9.17, 15) is 4.79 Å². The average Bonchev–Trinajstić information content (AvgIpc) is 2.37. The molecule has 0 heterocycles. The molecule has 1 atom stereocenters. The van der Waals surface area contributed by atoms with Gasteiger partial charge in [0.05, 0.1) is 0 Å². The molecular formula is C16H31NO5. The SMILES string of the molecule is CCC(=O)C(C)(C)C.CCC(N)C(C)(C)C.O=C=O.O=C=O. The molecule has 6 heteroatoms. The van der Waals surface area contributed by atoms with E-state index in [0.717, 1.165) is 6.42 Å². The monoisotopic (exact) mass is 317 g/mol. The fourth-order valence-electron chi connectivity index (χ4n) is 1.14. The number of carbonyl (C=O) groups excluding carboxylic acids is 5. The van der Waals surface area contributed by atoms with Gasteiger partial charge in [0.1, 0.15) is 5.78 Å². The summed E-state index contributed by atoms with van der Waals surface area (Å²) in [6.07, 6.45) is 2.23. The maximum Gasteiger partial charge on any atom is 0.373 e. The zero-order chi connectivity index (χ0) is 19.0. The minimum atomic E-state index is -0.130. The number of hydrogen-bond acceptors (Lipinski definition) is 6. The van der Waals surface area contributed by atoms with Crippen molar-refractivity contribution in [3.05, 3.63) is 0 Å². The van der Waals surface area contributed by atoms with Crippen molar-refractivity contribution in [2.24, 2.45) is 16.6 Å². The number of rotatable bonds is 2. The van der Waals surface area contributed by atoms with Crippen molar-refractivity contribution in [2.45, 2.75) is 74.3 Å². The van der Waals surface area contributed by atoms with Gasteiger partial charge in [0.25, 0.3) is 0 Å². The lowest BCUT2D eigenvalue weighted by atomic mass is 9.86. The highest BCUT2D eigenvalue weighted by molar-refractivity contribution is 5.83. The van der Waals surface area contributed by atoms with E-state index in [-0.39, 0.29) is 23.1 Å². The van der Waals surface area contributed by atoms with Crippen LogP contribution in [-0.4, -0.2) is 24.1 Å². The Morgan fingerprint density at radius 1 is 0.909 bits per heavy atom. The highest BCUT2D eigenvalue weighted by atomic mass is 16.2. The van der Waals surface area contributed by atoms with Gasteiger partial charge in [-0.3, -0.25) is 4.79 Å². The third-order valence-electron chi connectivity index (χ3n) is 2.71. The Kier molecular flexibility index (Phi) is 20.5. The second-order valence-corrected chi connectivity index (χ2v) is 6.57. The minimum Gasteiger partial charge on any atom is -0.327 e. The van der Waals surface area contributed by atoms with Crippen LogP contribution in [0.5, 0.6) is 0 Å². The number of Topliss-reactive ketones (excluding diaryl/α,β-unsaturated/α-hetero) is 1. The number of hydrogen-bond donors (Lipinski definition) is 1. The smallest absolute Gasteiger partial charge is 0.327 e. The molecule has 0 aromatic rings. The lowest BCUT2D eigenvalue weighted by molar-refractivity contribution is -0.193. The number of ketones is 1. The van der Waals surface area contributed by atoms with Crippen molar-refractivity contribution in [1.82, 2.24) is 0 Å². The van der Waals surface area contributed by atoms with Gasteiger partial charge in [-0.2, -0.15) is 19.2 Å². The van der Waals surface area contributed by atoms with E-state index in [4.69, 9.17) is 24.9 Å². The molecule has 0 radical (unpaired) electrons. The van der Waals surface area contributed by atoms with Crippen molar-refractivity contribution in [3.8, 4) is 0 Å². The fraction of sp³-hybridized carbons (Fsp3) is 0.812. The summed E-state index contributed by atoms with van der Waals surface area (Å²) in [6, 6.07) is 0.350. The van der Waals surface area contributed by atoms with Gasteiger partial charge >= 0.3 is 12.3 Å². The molecule has 0 aliphatic carbocycles. The normalized spacial score (nSPS) is 10.8. The van der Waals surface area contributed by atoms with Gasteiger partial charge in [0.15, 0.2) is 0 Å². The van der Waals surface area contributed by atoms with Crippen LogP contribution in [0.2, 0.25) is 0 Å². The number of carbonyl (C=O) groups is 1. The van der Waals surface area contributed by atoms with E-state index in [1.54, 1.807) is 0 Å². The van der Waals surface area contributed by atoms with Gasteiger partial charge in [0, 0.05) is 17.9 Å².